The number of aliphatic hydroxyl groups excluding tert-OH is 2. The average Bonchev–Trinajstić information content (AvgIpc) is 2.96. The summed E-state index contributed by atoms with van der Waals surface area (Å²) in [5.74, 6) is -0.759. The van der Waals surface area contributed by atoms with Gasteiger partial charge >= 0.3 is 0 Å². The molecule has 2 saturated heterocycles. The van der Waals surface area contributed by atoms with Gasteiger partial charge in [-0.25, -0.2) is 0 Å². The van der Waals surface area contributed by atoms with Crippen LogP contribution < -0.4 is 0 Å². The minimum atomic E-state index is -1.02. The summed E-state index contributed by atoms with van der Waals surface area (Å²) in [4.78, 5) is 0. The van der Waals surface area contributed by atoms with Crippen molar-refractivity contribution in [1.82, 2.24) is 0 Å². The molecule has 0 amide bonds. The van der Waals surface area contributed by atoms with Crippen LogP contribution in [0.15, 0.2) is 30.3 Å². The smallest absolute Gasteiger partial charge is 0.190 e. The van der Waals surface area contributed by atoms with Gasteiger partial charge in [0.2, 0.25) is 0 Å². The van der Waals surface area contributed by atoms with E-state index >= 15 is 0 Å². The molecule has 23 heavy (non-hydrogen) atoms. The maximum atomic E-state index is 9.87. The number of benzene rings is 1. The number of hydrogen-bond donors (Lipinski definition) is 2. The molecule has 2 fully saturated rings. The van der Waals surface area contributed by atoms with E-state index in [0.717, 1.165) is 5.56 Å². The van der Waals surface area contributed by atoms with Gasteiger partial charge in [-0.15, -0.1) is 0 Å². The molecule has 2 N–H and O–H groups in total. The Hall–Kier alpha value is -1.02. The van der Waals surface area contributed by atoms with Gasteiger partial charge in [-0.3, -0.25) is 0 Å². The summed E-state index contributed by atoms with van der Waals surface area (Å²) in [5, 5.41) is 19.2. The third-order valence-electron chi connectivity index (χ3n) is 4.33. The highest BCUT2D eigenvalue weighted by Crippen LogP contribution is 2.45. The van der Waals surface area contributed by atoms with Crippen LogP contribution in [0.5, 0.6) is 0 Å². The van der Waals surface area contributed by atoms with Gasteiger partial charge in [-0.2, -0.15) is 0 Å². The third kappa shape index (κ3) is 3.28. The van der Waals surface area contributed by atoms with Gasteiger partial charge in [0.05, 0.1) is 13.2 Å². The second kappa shape index (κ2) is 6.47. The lowest BCUT2D eigenvalue weighted by atomic mass is 9.92. The Balaban J connectivity index is 1.78. The first kappa shape index (κ1) is 16.8. The Morgan fingerprint density at radius 1 is 1.09 bits per heavy atom. The number of rotatable bonds is 6. The molecule has 0 saturated carbocycles. The van der Waals surface area contributed by atoms with Crippen LogP contribution in [0.3, 0.4) is 0 Å². The van der Waals surface area contributed by atoms with Crippen LogP contribution >= 0.6 is 0 Å². The van der Waals surface area contributed by atoms with E-state index in [1.54, 1.807) is 0 Å². The fourth-order valence-electron chi connectivity index (χ4n) is 3.25. The fourth-order valence-corrected chi connectivity index (χ4v) is 3.25. The van der Waals surface area contributed by atoms with Crippen molar-refractivity contribution in [3.63, 3.8) is 0 Å². The molecule has 0 radical (unpaired) electrons. The van der Waals surface area contributed by atoms with Crippen molar-refractivity contribution in [2.45, 2.75) is 56.8 Å². The maximum Gasteiger partial charge on any atom is 0.190 e. The maximum absolute atomic E-state index is 9.87. The lowest BCUT2D eigenvalue weighted by Gasteiger charge is -2.35. The molecule has 2 aliphatic rings. The highest BCUT2D eigenvalue weighted by molar-refractivity contribution is 5.14. The number of hydrogen-bond acceptors (Lipinski definition) is 6. The van der Waals surface area contributed by atoms with E-state index in [-0.39, 0.29) is 19.6 Å². The van der Waals surface area contributed by atoms with Gasteiger partial charge < -0.3 is 29.2 Å². The highest BCUT2D eigenvalue weighted by atomic mass is 16.8. The lowest BCUT2D eigenvalue weighted by molar-refractivity contribution is -0.254. The molecule has 0 spiro atoms. The van der Waals surface area contributed by atoms with Crippen molar-refractivity contribution in [3.05, 3.63) is 35.9 Å². The topological polar surface area (TPSA) is 77.4 Å². The van der Waals surface area contributed by atoms with Gasteiger partial charge in [0, 0.05) is 13.0 Å². The van der Waals surface area contributed by atoms with Crippen molar-refractivity contribution in [1.29, 1.82) is 0 Å². The van der Waals surface area contributed by atoms with Gasteiger partial charge in [-0.1, -0.05) is 30.3 Å². The van der Waals surface area contributed by atoms with Gasteiger partial charge in [0.15, 0.2) is 12.1 Å². The molecular weight excluding hydrogens is 300 g/mol. The zero-order valence-electron chi connectivity index (χ0n) is 13.5. The first-order valence-electron chi connectivity index (χ1n) is 7.90. The zero-order chi connectivity index (χ0) is 16.5. The molecule has 3 rings (SSSR count). The van der Waals surface area contributed by atoms with Crippen molar-refractivity contribution in [3.8, 4) is 0 Å². The van der Waals surface area contributed by atoms with Gasteiger partial charge in [0.1, 0.15) is 17.8 Å². The molecule has 128 valence electrons. The Bertz CT molecular complexity index is 519. The second-order valence-electron chi connectivity index (χ2n) is 6.50. The van der Waals surface area contributed by atoms with Crippen LogP contribution in [0.4, 0.5) is 0 Å². The fraction of sp³-hybridized carbons (Fsp3) is 0.647. The molecule has 4 atom stereocenters. The second-order valence-corrected chi connectivity index (χ2v) is 6.50. The number of aliphatic hydroxyl groups is 2. The largest absolute Gasteiger partial charge is 0.396 e. The van der Waals surface area contributed by atoms with Crippen molar-refractivity contribution < 1.29 is 29.2 Å². The molecular formula is C17H24O6. The molecule has 0 unspecified atom stereocenters. The van der Waals surface area contributed by atoms with Crippen LogP contribution in [0.1, 0.15) is 25.8 Å². The standard InChI is InChI=1S/C17H24O6/c1-16(2)21-13-14(20-10-12-6-4-3-5-7-12)17(11-19,8-9-18)23-15(13)22-16/h3-7,13-15,18-19H,8-11H2,1-2H3/t13-,14-,15+,17-/m1/s1. The van der Waals surface area contributed by atoms with E-state index in [9.17, 15) is 10.2 Å². The molecule has 6 heteroatoms. The van der Waals surface area contributed by atoms with E-state index in [1.807, 2.05) is 44.2 Å². The predicted octanol–water partition coefficient (Wildman–Crippen LogP) is 1.19. The molecule has 0 aliphatic carbocycles. The summed E-state index contributed by atoms with van der Waals surface area (Å²) in [6.07, 6.45) is -1.31. The van der Waals surface area contributed by atoms with Gasteiger partial charge in [0.25, 0.3) is 0 Å². The van der Waals surface area contributed by atoms with E-state index < -0.39 is 29.9 Å². The summed E-state index contributed by atoms with van der Waals surface area (Å²) >= 11 is 0. The Labute approximate surface area is 135 Å². The summed E-state index contributed by atoms with van der Waals surface area (Å²) < 4.78 is 23.6. The first-order chi connectivity index (χ1) is 11.0. The van der Waals surface area contributed by atoms with Crippen LogP contribution in [0.25, 0.3) is 0 Å². The van der Waals surface area contributed by atoms with Crippen LogP contribution in [-0.4, -0.2) is 53.3 Å². The summed E-state index contributed by atoms with van der Waals surface area (Å²) in [7, 11) is 0. The molecule has 6 nitrogen and oxygen atoms in total. The lowest BCUT2D eigenvalue weighted by Crippen LogP contribution is -2.50. The van der Waals surface area contributed by atoms with Crippen molar-refractivity contribution in [2.24, 2.45) is 0 Å². The number of ether oxygens (including phenoxy) is 4. The van der Waals surface area contributed by atoms with E-state index in [4.69, 9.17) is 18.9 Å². The number of fused-ring (bicyclic) bond motifs is 1. The van der Waals surface area contributed by atoms with Gasteiger partial charge in [-0.05, 0) is 19.4 Å². The minimum absolute atomic E-state index is 0.116. The quantitative estimate of drug-likeness (QED) is 0.819. The summed E-state index contributed by atoms with van der Waals surface area (Å²) in [6.45, 7) is 3.61. The third-order valence-corrected chi connectivity index (χ3v) is 4.33. The molecule has 1 aromatic carbocycles. The molecule has 0 aromatic heterocycles. The van der Waals surface area contributed by atoms with E-state index in [1.165, 1.54) is 0 Å². The first-order valence-corrected chi connectivity index (χ1v) is 7.90. The molecule has 2 heterocycles. The van der Waals surface area contributed by atoms with E-state index in [2.05, 4.69) is 0 Å². The predicted molar refractivity (Wildman–Crippen MR) is 81.4 cm³/mol. The Kier molecular flexibility index (Phi) is 4.73. The SMILES string of the molecule is CC1(C)O[C@H]2O[C@@](CO)(CCO)[C@H](OCc3ccccc3)[C@H]2O1. The normalized spacial score (nSPS) is 35.4. The Morgan fingerprint density at radius 2 is 1.83 bits per heavy atom. The minimum Gasteiger partial charge on any atom is -0.396 e. The highest BCUT2D eigenvalue weighted by Gasteiger charge is 2.62. The summed E-state index contributed by atoms with van der Waals surface area (Å²) in [5.41, 5.74) is -0.00000342. The zero-order valence-corrected chi connectivity index (χ0v) is 13.5. The monoisotopic (exact) mass is 324 g/mol. The van der Waals surface area contributed by atoms with Crippen LogP contribution in [-0.2, 0) is 25.6 Å². The molecule has 0 bridgehead atoms. The van der Waals surface area contributed by atoms with Crippen LogP contribution in [0, 0.1) is 0 Å². The van der Waals surface area contributed by atoms with E-state index in [0.29, 0.717) is 6.61 Å². The van der Waals surface area contributed by atoms with Crippen LogP contribution in [0.2, 0.25) is 0 Å². The Morgan fingerprint density at radius 3 is 2.48 bits per heavy atom. The summed E-state index contributed by atoms with van der Waals surface area (Å²) in [6, 6.07) is 9.76. The van der Waals surface area contributed by atoms with Crippen molar-refractivity contribution >= 4 is 0 Å². The molecule has 2 aliphatic heterocycles. The average molecular weight is 324 g/mol. The molecule has 1 aromatic rings. The van der Waals surface area contributed by atoms with Crippen molar-refractivity contribution in [2.75, 3.05) is 13.2 Å².